The summed E-state index contributed by atoms with van der Waals surface area (Å²) in [6.45, 7) is 0. The van der Waals surface area contributed by atoms with Crippen LogP contribution in [0.3, 0.4) is 0 Å². The van der Waals surface area contributed by atoms with Gasteiger partial charge in [-0.2, -0.15) is 4.98 Å². The number of anilines is 2. The highest BCUT2D eigenvalue weighted by Crippen LogP contribution is 2.18. The summed E-state index contributed by atoms with van der Waals surface area (Å²) in [7, 11) is 0. The standard InChI is InChI=1S/C16H13N5O2/c17-14-13-12(20-16(18)21-14)8-7-11(19-13)6-3-9-1-4-10(5-2-9)15(22)23/h1-8H,(H,22,23)(H4,17,18,20,21)/b6-3+. The molecule has 5 N–H and O–H groups in total. The van der Waals surface area contributed by atoms with Gasteiger partial charge in [-0.3, -0.25) is 0 Å². The Kier molecular flexibility index (Phi) is 3.60. The van der Waals surface area contributed by atoms with Gasteiger partial charge in [0, 0.05) is 0 Å². The molecule has 23 heavy (non-hydrogen) atoms. The first-order valence-corrected chi connectivity index (χ1v) is 6.74. The number of hydrogen-bond acceptors (Lipinski definition) is 6. The Morgan fingerprint density at radius 1 is 0.957 bits per heavy atom. The molecule has 3 aromatic rings. The molecule has 3 rings (SSSR count). The fraction of sp³-hybridized carbons (Fsp3) is 0. The third-order valence-corrected chi connectivity index (χ3v) is 3.21. The van der Waals surface area contributed by atoms with Gasteiger partial charge in [0.25, 0.3) is 0 Å². The second-order valence-electron chi connectivity index (χ2n) is 4.83. The number of benzene rings is 1. The van der Waals surface area contributed by atoms with Crippen molar-refractivity contribution in [3.8, 4) is 0 Å². The van der Waals surface area contributed by atoms with Crippen molar-refractivity contribution in [2.45, 2.75) is 0 Å². The summed E-state index contributed by atoms with van der Waals surface area (Å²) in [4.78, 5) is 23.2. The molecular formula is C16H13N5O2. The molecule has 0 radical (unpaired) electrons. The average Bonchev–Trinajstić information content (AvgIpc) is 2.53. The van der Waals surface area contributed by atoms with Gasteiger partial charge in [-0.1, -0.05) is 18.2 Å². The van der Waals surface area contributed by atoms with Crippen molar-refractivity contribution < 1.29 is 9.90 Å². The second-order valence-corrected chi connectivity index (χ2v) is 4.83. The van der Waals surface area contributed by atoms with Crippen LogP contribution in [0.25, 0.3) is 23.2 Å². The smallest absolute Gasteiger partial charge is 0.335 e. The molecule has 0 spiro atoms. The van der Waals surface area contributed by atoms with Crippen molar-refractivity contribution in [2.75, 3.05) is 11.5 Å². The Bertz CT molecular complexity index is 920. The molecule has 0 amide bonds. The first kappa shape index (κ1) is 14.5. The summed E-state index contributed by atoms with van der Waals surface area (Å²) in [5, 5.41) is 8.87. The fourth-order valence-corrected chi connectivity index (χ4v) is 2.08. The summed E-state index contributed by atoms with van der Waals surface area (Å²) in [5.74, 6) is -0.612. The molecule has 0 saturated carbocycles. The highest BCUT2D eigenvalue weighted by Gasteiger charge is 2.05. The lowest BCUT2D eigenvalue weighted by molar-refractivity contribution is 0.0697. The van der Waals surface area contributed by atoms with Crippen LogP contribution >= 0.6 is 0 Å². The van der Waals surface area contributed by atoms with E-state index in [0.717, 1.165) is 5.56 Å². The monoisotopic (exact) mass is 307 g/mol. The molecule has 2 heterocycles. The van der Waals surface area contributed by atoms with Gasteiger partial charge in [-0.25, -0.2) is 14.8 Å². The van der Waals surface area contributed by atoms with E-state index in [1.807, 2.05) is 6.08 Å². The number of fused-ring (bicyclic) bond motifs is 1. The van der Waals surface area contributed by atoms with Gasteiger partial charge in [0.2, 0.25) is 5.95 Å². The Balaban J connectivity index is 1.90. The molecule has 0 atom stereocenters. The number of rotatable bonds is 3. The van der Waals surface area contributed by atoms with Gasteiger partial charge in [-0.05, 0) is 35.9 Å². The van der Waals surface area contributed by atoms with Crippen LogP contribution in [0, 0.1) is 0 Å². The lowest BCUT2D eigenvalue weighted by atomic mass is 10.1. The summed E-state index contributed by atoms with van der Waals surface area (Å²) >= 11 is 0. The summed E-state index contributed by atoms with van der Waals surface area (Å²) in [6, 6.07) is 10.1. The molecule has 0 aliphatic rings. The Morgan fingerprint density at radius 2 is 1.70 bits per heavy atom. The molecule has 0 aliphatic carbocycles. The van der Waals surface area contributed by atoms with Gasteiger partial charge in [0.1, 0.15) is 5.52 Å². The summed E-state index contributed by atoms with van der Waals surface area (Å²) < 4.78 is 0. The lowest BCUT2D eigenvalue weighted by Gasteiger charge is -2.02. The van der Waals surface area contributed by atoms with Crippen molar-refractivity contribution in [3.63, 3.8) is 0 Å². The predicted molar refractivity (Wildman–Crippen MR) is 88.5 cm³/mol. The molecule has 0 aliphatic heterocycles. The number of hydrogen-bond donors (Lipinski definition) is 3. The molecular weight excluding hydrogens is 294 g/mol. The number of nitrogen functional groups attached to an aromatic ring is 2. The van der Waals surface area contributed by atoms with Crippen molar-refractivity contribution in [1.82, 2.24) is 15.0 Å². The minimum atomic E-state index is -0.952. The highest BCUT2D eigenvalue weighted by atomic mass is 16.4. The Hall–Kier alpha value is -3.48. The van der Waals surface area contributed by atoms with Gasteiger partial charge < -0.3 is 16.6 Å². The molecule has 0 bridgehead atoms. The van der Waals surface area contributed by atoms with Crippen LogP contribution in [0.15, 0.2) is 36.4 Å². The van der Waals surface area contributed by atoms with E-state index in [9.17, 15) is 4.79 Å². The summed E-state index contributed by atoms with van der Waals surface area (Å²) in [6.07, 6.45) is 3.62. The number of nitrogens with zero attached hydrogens (tertiary/aromatic N) is 3. The Labute approximate surface area is 131 Å². The van der Waals surface area contributed by atoms with Crippen molar-refractivity contribution in [1.29, 1.82) is 0 Å². The molecule has 7 heteroatoms. The maximum Gasteiger partial charge on any atom is 0.335 e. The Morgan fingerprint density at radius 3 is 2.39 bits per heavy atom. The van der Waals surface area contributed by atoms with E-state index in [2.05, 4.69) is 15.0 Å². The minimum absolute atomic E-state index is 0.110. The van der Waals surface area contributed by atoms with E-state index in [0.29, 0.717) is 16.7 Å². The van der Waals surface area contributed by atoms with E-state index in [1.165, 1.54) is 0 Å². The fourth-order valence-electron chi connectivity index (χ4n) is 2.08. The van der Waals surface area contributed by atoms with Crippen LogP contribution in [0.2, 0.25) is 0 Å². The van der Waals surface area contributed by atoms with Crippen molar-refractivity contribution in [2.24, 2.45) is 0 Å². The van der Waals surface area contributed by atoms with Crippen LogP contribution in [0.4, 0.5) is 11.8 Å². The molecule has 1 aromatic carbocycles. The number of aromatic carboxylic acids is 1. The van der Waals surface area contributed by atoms with E-state index in [4.69, 9.17) is 16.6 Å². The van der Waals surface area contributed by atoms with Gasteiger partial charge in [-0.15, -0.1) is 0 Å². The van der Waals surface area contributed by atoms with Crippen LogP contribution < -0.4 is 11.5 Å². The number of pyridine rings is 1. The zero-order chi connectivity index (χ0) is 16.4. The quantitative estimate of drug-likeness (QED) is 0.675. The van der Waals surface area contributed by atoms with Crippen LogP contribution in [-0.4, -0.2) is 26.0 Å². The molecule has 0 saturated heterocycles. The average molecular weight is 307 g/mol. The molecule has 0 unspecified atom stereocenters. The second kappa shape index (κ2) is 5.72. The molecule has 2 aromatic heterocycles. The van der Waals surface area contributed by atoms with Crippen LogP contribution in [0.5, 0.6) is 0 Å². The van der Waals surface area contributed by atoms with Crippen LogP contribution in [0.1, 0.15) is 21.6 Å². The highest BCUT2D eigenvalue weighted by molar-refractivity contribution is 5.88. The number of carboxylic acid groups (broad SMARTS) is 1. The van der Waals surface area contributed by atoms with E-state index in [1.54, 1.807) is 42.5 Å². The van der Waals surface area contributed by atoms with Crippen LogP contribution in [-0.2, 0) is 0 Å². The van der Waals surface area contributed by atoms with E-state index in [-0.39, 0.29) is 17.3 Å². The first-order valence-electron chi connectivity index (χ1n) is 6.74. The molecule has 7 nitrogen and oxygen atoms in total. The minimum Gasteiger partial charge on any atom is -0.478 e. The van der Waals surface area contributed by atoms with Gasteiger partial charge in [0.05, 0.1) is 16.8 Å². The van der Waals surface area contributed by atoms with Crippen molar-refractivity contribution in [3.05, 3.63) is 53.2 Å². The van der Waals surface area contributed by atoms with Crippen molar-refractivity contribution >= 4 is 40.9 Å². The number of carboxylic acids is 1. The van der Waals surface area contributed by atoms with Gasteiger partial charge in [0.15, 0.2) is 5.82 Å². The zero-order valence-electron chi connectivity index (χ0n) is 12.0. The van der Waals surface area contributed by atoms with Gasteiger partial charge >= 0.3 is 5.97 Å². The number of aromatic nitrogens is 3. The van der Waals surface area contributed by atoms with E-state index >= 15 is 0 Å². The maximum absolute atomic E-state index is 10.8. The third-order valence-electron chi connectivity index (χ3n) is 3.21. The maximum atomic E-state index is 10.8. The molecule has 114 valence electrons. The largest absolute Gasteiger partial charge is 0.478 e. The normalized spacial score (nSPS) is 11.1. The zero-order valence-corrected chi connectivity index (χ0v) is 12.0. The SMILES string of the molecule is Nc1nc(N)c2nc(/C=C/c3ccc(C(=O)O)cc3)ccc2n1. The third kappa shape index (κ3) is 3.08. The topological polar surface area (TPSA) is 128 Å². The lowest BCUT2D eigenvalue weighted by Crippen LogP contribution is -2.02. The number of nitrogens with two attached hydrogens (primary N) is 2. The first-order chi connectivity index (χ1) is 11.0. The predicted octanol–water partition coefficient (Wildman–Crippen LogP) is 2.06. The summed E-state index contributed by atoms with van der Waals surface area (Å²) in [5.41, 5.74) is 14.2. The number of carbonyl (C=O) groups is 1. The molecule has 0 fully saturated rings. The van der Waals surface area contributed by atoms with E-state index < -0.39 is 5.97 Å².